The van der Waals surface area contributed by atoms with E-state index < -0.39 is 0 Å². The number of benzene rings is 16. The Labute approximate surface area is 816 Å². The van der Waals surface area contributed by atoms with E-state index in [0.29, 0.717) is 158 Å². The maximum atomic E-state index is 13.6. The van der Waals surface area contributed by atoms with Crippen LogP contribution in [0.15, 0.2) is 419 Å². The molecule has 0 saturated carbocycles. The average Bonchev–Trinajstić information content (AvgIpc) is 0.834. The van der Waals surface area contributed by atoms with E-state index >= 15 is 0 Å². The van der Waals surface area contributed by atoms with Crippen LogP contribution in [0.4, 0.5) is 11.6 Å². The molecular weight excluding hydrogens is 1750 g/mol. The van der Waals surface area contributed by atoms with E-state index in [1.54, 1.807) is 18.2 Å². The number of pyridine rings is 1. The highest BCUT2D eigenvalue weighted by atomic mass is 16.5. The summed E-state index contributed by atoms with van der Waals surface area (Å²) in [6, 6.07) is 136. The van der Waals surface area contributed by atoms with Crippen LogP contribution in [-0.2, 0) is 115 Å². The summed E-state index contributed by atoms with van der Waals surface area (Å²) < 4.78 is 90.6. The summed E-state index contributed by atoms with van der Waals surface area (Å²) in [6.07, 6.45) is 1.23. The van der Waals surface area contributed by atoms with Gasteiger partial charge in [-0.1, -0.05) is 273 Å². The zero-order valence-electron chi connectivity index (χ0n) is 77.5. The number of hydrogen-bond acceptors (Lipinski definition) is 17. The summed E-state index contributed by atoms with van der Waals surface area (Å²) in [5.41, 5.74) is 15.1. The number of aryl methyl sites for hydroxylation is 2. The first-order valence-electron chi connectivity index (χ1n) is 46.7. The molecule has 0 aliphatic heterocycles. The Kier molecular flexibility index (Phi) is 33.7. The van der Waals surface area contributed by atoms with Gasteiger partial charge in [0, 0.05) is 49.2 Å². The molecule has 0 aliphatic carbocycles. The predicted molar refractivity (Wildman–Crippen MR) is 542 cm³/mol. The second-order valence-electron chi connectivity index (χ2n) is 33.6. The van der Waals surface area contributed by atoms with Crippen molar-refractivity contribution in [3.63, 3.8) is 0 Å². The summed E-state index contributed by atoms with van der Waals surface area (Å²) in [5.74, 6) is 8.71. The van der Waals surface area contributed by atoms with Crippen LogP contribution in [0, 0.1) is 0 Å². The molecule has 1 aromatic heterocycles. The summed E-state index contributed by atoms with van der Waals surface area (Å²) >= 11 is 0. The zero-order valence-corrected chi connectivity index (χ0v) is 77.5. The molecule has 17 aromatic rings. The quantitative estimate of drug-likeness (QED) is 0.0364. The molecule has 0 radical (unpaired) electrons. The standard InChI is InChI=1S/C121H107N3O16/c125-120(54-48-88-44-50-104(51-45-88)127-82-98-56-114(137-84-100-60-106(129-74-90-26-9-1-10-27-90)68-107(61-100)130-75-91-28-11-2-12-29-91)72-115(57-98)138-85-101-62-108(131-76-92-30-13-3-14-31-92)69-109(63-101)132-77-93-32-15-4-16-33-93)123-118-42-25-43-119(122-118)124-121(126)55-49-89-46-52-105(53-47-89)128-83-99-58-116(139-86-102-64-110(133-78-94-34-17-5-18-35-94)70-111(65-102)134-79-95-36-19-6-20-37-95)73-117(59-99)140-87-103-66-112(135-80-96-38-21-7-22-39-96)71-113(67-103)136-81-97-40-23-8-24-41-97/h1-47,50-53,56-73H,48-49,54-55,74-87H2,(H2,122,123,124,125,126). The molecule has 0 bridgehead atoms. The molecule has 0 spiro atoms. The number of carbonyl (C=O) groups excluding carboxylic acids is 2. The van der Waals surface area contributed by atoms with Crippen molar-refractivity contribution in [1.29, 1.82) is 0 Å². The van der Waals surface area contributed by atoms with Crippen molar-refractivity contribution in [3.8, 4) is 80.5 Å². The third-order valence-electron chi connectivity index (χ3n) is 22.5. The van der Waals surface area contributed by atoms with Gasteiger partial charge in [0.1, 0.15) is 185 Å². The Morgan fingerprint density at radius 1 is 0.157 bits per heavy atom. The summed E-state index contributed by atoms with van der Waals surface area (Å²) in [7, 11) is 0. The minimum Gasteiger partial charge on any atom is -0.489 e. The molecule has 1 heterocycles. The smallest absolute Gasteiger partial charge is 0.225 e. The number of carbonyl (C=O) groups is 2. The van der Waals surface area contributed by atoms with Gasteiger partial charge in [-0.05, 0) is 211 Å². The fraction of sp³-hybridized carbons (Fsp3) is 0.149. The number of nitrogens with one attached hydrogen (secondary N) is 2. The zero-order chi connectivity index (χ0) is 95.2. The summed E-state index contributed by atoms with van der Waals surface area (Å²) in [6.45, 7) is 4.04. The molecule has 0 unspecified atom stereocenters. The molecule has 702 valence electrons. The molecule has 0 fully saturated rings. The SMILES string of the molecule is O=C(CCc1ccc(OCc2cc(OCc3cc(OCc4ccccc4)cc(OCc4ccccc4)c3)cc(OCc3cc(OCc4ccccc4)cc(OCc4ccccc4)c3)c2)cc1)Nc1cccc(NC(=O)CCc2ccc(OCc3cc(OCc4cc(OCc5ccccc5)cc(OCc5ccccc5)c4)cc(OCc4cc(OCc5ccccc5)cc(OCc5ccccc5)c4)c3)cc2)n1. The Bertz CT molecular complexity index is 5810. The van der Waals surface area contributed by atoms with E-state index in [-0.39, 0.29) is 64.3 Å². The fourth-order valence-corrected chi connectivity index (χ4v) is 15.2. The molecule has 140 heavy (non-hydrogen) atoms. The van der Waals surface area contributed by atoms with Crippen molar-refractivity contribution in [3.05, 3.63) is 508 Å². The van der Waals surface area contributed by atoms with Gasteiger partial charge in [0.15, 0.2) is 0 Å². The summed E-state index contributed by atoms with van der Waals surface area (Å²) in [5, 5.41) is 5.83. The van der Waals surface area contributed by atoms with E-state index in [9.17, 15) is 9.59 Å². The van der Waals surface area contributed by atoms with Gasteiger partial charge in [-0.2, -0.15) is 0 Å². The van der Waals surface area contributed by atoms with Gasteiger partial charge in [0.05, 0.1) is 0 Å². The lowest BCUT2D eigenvalue weighted by atomic mass is 10.1. The first-order chi connectivity index (χ1) is 69.0. The number of anilines is 2. The molecule has 19 heteroatoms. The maximum absolute atomic E-state index is 13.6. The largest absolute Gasteiger partial charge is 0.489 e. The molecule has 17 rings (SSSR count). The molecule has 0 atom stereocenters. The lowest BCUT2D eigenvalue weighted by molar-refractivity contribution is -0.116. The third kappa shape index (κ3) is 30.9. The van der Waals surface area contributed by atoms with Gasteiger partial charge in [-0.3, -0.25) is 9.59 Å². The van der Waals surface area contributed by atoms with Crippen LogP contribution in [0.2, 0.25) is 0 Å². The average molecular weight is 1860 g/mol. The van der Waals surface area contributed by atoms with Crippen LogP contribution in [0.3, 0.4) is 0 Å². The minimum atomic E-state index is -0.240. The number of amides is 2. The number of rotatable bonds is 50. The number of hydrogen-bond donors (Lipinski definition) is 2. The van der Waals surface area contributed by atoms with Crippen LogP contribution in [-0.4, -0.2) is 16.8 Å². The molecule has 19 nitrogen and oxygen atoms in total. The highest BCUT2D eigenvalue weighted by Crippen LogP contribution is 2.36. The molecular formula is C121H107N3O16. The Balaban J connectivity index is 0.510. The van der Waals surface area contributed by atoms with Gasteiger partial charge in [-0.25, -0.2) is 4.98 Å². The topological polar surface area (TPSA) is 200 Å². The van der Waals surface area contributed by atoms with Crippen molar-refractivity contribution < 1.29 is 75.9 Å². The molecule has 0 aliphatic rings. The van der Waals surface area contributed by atoms with Crippen LogP contribution < -0.4 is 76.9 Å². The lowest BCUT2D eigenvalue weighted by Gasteiger charge is -2.16. The van der Waals surface area contributed by atoms with E-state index in [1.807, 2.05) is 400 Å². The van der Waals surface area contributed by atoms with E-state index in [4.69, 9.17) is 66.3 Å². The maximum Gasteiger partial charge on any atom is 0.225 e. The van der Waals surface area contributed by atoms with Crippen LogP contribution in [0.5, 0.6) is 80.5 Å². The first-order valence-corrected chi connectivity index (χ1v) is 46.7. The Hall–Kier alpha value is -17.2. The first kappa shape index (κ1) is 94.6. The van der Waals surface area contributed by atoms with Crippen LogP contribution in [0.1, 0.15) is 102 Å². The van der Waals surface area contributed by atoms with Gasteiger partial charge in [-0.15, -0.1) is 0 Å². The van der Waals surface area contributed by atoms with E-state index in [0.717, 1.165) is 89.0 Å². The van der Waals surface area contributed by atoms with Crippen molar-refractivity contribution in [2.45, 2.75) is 118 Å². The van der Waals surface area contributed by atoms with Crippen molar-refractivity contribution in [1.82, 2.24) is 4.98 Å². The number of nitrogens with zero attached hydrogens (tertiary/aromatic N) is 1. The predicted octanol–water partition coefficient (Wildman–Crippen LogP) is 26.3. The minimum absolute atomic E-state index is 0.171. The number of aromatic nitrogens is 1. The molecule has 16 aromatic carbocycles. The molecule has 2 amide bonds. The number of ether oxygens (including phenoxy) is 14. The van der Waals surface area contributed by atoms with Crippen molar-refractivity contribution in [2.75, 3.05) is 10.6 Å². The van der Waals surface area contributed by atoms with Gasteiger partial charge in [0.25, 0.3) is 0 Å². The monoisotopic (exact) mass is 1860 g/mol. The van der Waals surface area contributed by atoms with Gasteiger partial charge < -0.3 is 76.9 Å². The van der Waals surface area contributed by atoms with Gasteiger partial charge >= 0.3 is 0 Å². The Morgan fingerprint density at radius 3 is 0.486 bits per heavy atom. The van der Waals surface area contributed by atoms with E-state index in [2.05, 4.69) is 15.6 Å². The molecule has 0 saturated heterocycles. The normalized spacial score (nSPS) is 10.9. The highest BCUT2D eigenvalue weighted by Gasteiger charge is 2.18. The van der Waals surface area contributed by atoms with Crippen molar-refractivity contribution in [2.24, 2.45) is 0 Å². The van der Waals surface area contributed by atoms with Crippen LogP contribution >= 0.6 is 0 Å². The van der Waals surface area contributed by atoms with E-state index in [1.165, 1.54) is 0 Å². The Morgan fingerprint density at radius 2 is 0.314 bits per heavy atom. The highest BCUT2D eigenvalue weighted by molar-refractivity contribution is 5.92. The molecule has 2 N–H and O–H groups in total. The third-order valence-corrected chi connectivity index (χ3v) is 22.5. The second kappa shape index (κ2) is 49.9. The lowest BCUT2D eigenvalue weighted by Crippen LogP contribution is -2.16. The van der Waals surface area contributed by atoms with Crippen molar-refractivity contribution >= 4 is 23.5 Å². The van der Waals surface area contributed by atoms with Crippen LogP contribution in [0.25, 0.3) is 0 Å². The second-order valence-corrected chi connectivity index (χ2v) is 33.6. The fourth-order valence-electron chi connectivity index (χ4n) is 15.2. The summed E-state index contributed by atoms with van der Waals surface area (Å²) in [4.78, 5) is 31.7. The van der Waals surface area contributed by atoms with Gasteiger partial charge in [0.2, 0.25) is 11.8 Å².